The second kappa shape index (κ2) is 5.93. The van der Waals surface area contributed by atoms with Gasteiger partial charge < -0.3 is 15.6 Å². The Morgan fingerprint density at radius 2 is 2.05 bits per heavy atom. The van der Waals surface area contributed by atoms with Crippen molar-refractivity contribution < 1.29 is 4.79 Å². The lowest BCUT2D eigenvalue weighted by atomic mass is 10.1. The Labute approximate surface area is 129 Å². The lowest BCUT2D eigenvalue weighted by Gasteiger charge is -2.22. The third-order valence-electron chi connectivity index (χ3n) is 4.16. The summed E-state index contributed by atoms with van der Waals surface area (Å²) in [6.45, 7) is 5.22. The zero-order chi connectivity index (χ0) is 15.7. The Kier molecular flexibility index (Phi) is 3.98. The van der Waals surface area contributed by atoms with Crippen molar-refractivity contribution in [3.8, 4) is 0 Å². The van der Waals surface area contributed by atoms with Crippen LogP contribution in [-0.2, 0) is 11.3 Å². The van der Waals surface area contributed by atoms with Gasteiger partial charge in [0.25, 0.3) is 0 Å². The van der Waals surface area contributed by atoms with Crippen molar-refractivity contribution in [2.24, 2.45) is 0 Å². The number of hydrogen-bond acceptors (Lipinski definition) is 3. The van der Waals surface area contributed by atoms with Gasteiger partial charge in [0, 0.05) is 30.2 Å². The Morgan fingerprint density at radius 3 is 2.82 bits per heavy atom. The lowest BCUT2D eigenvalue weighted by Crippen LogP contribution is -2.48. The fraction of sp³-hybridized carbons (Fsp3) is 0.412. The average Bonchev–Trinajstić information content (AvgIpc) is 2.48. The van der Waals surface area contributed by atoms with Crippen molar-refractivity contribution in [3.63, 3.8) is 0 Å². The van der Waals surface area contributed by atoms with E-state index in [0.717, 1.165) is 47.1 Å². The molecule has 2 heterocycles. The van der Waals surface area contributed by atoms with E-state index < -0.39 is 0 Å². The smallest absolute Gasteiger partial charge is 0.237 e. The summed E-state index contributed by atoms with van der Waals surface area (Å²) in [7, 11) is 0. The number of hydrogen-bond donors (Lipinski definition) is 3. The first-order chi connectivity index (χ1) is 10.5. The predicted molar refractivity (Wildman–Crippen MR) is 86.9 cm³/mol. The number of carbonyl (C=O) groups excluding carboxylic acids is 1. The largest absolute Gasteiger partial charge is 0.357 e. The third-order valence-corrected chi connectivity index (χ3v) is 4.16. The molecule has 116 valence electrons. The summed E-state index contributed by atoms with van der Waals surface area (Å²) in [5, 5.41) is 6.80. The van der Waals surface area contributed by atoms with Gasteiger partial charge >= 0.3 is 0 Å². The molecular formula is C17H21N3O2. The minimum absolute atomic E-state index is 0.0189. The van der Waals surface area contributed by atoms with Crippen LogP contribution in [0.2, 0.25) is 0 Å². The maximum absolute atomic E-state index is 12.3. The molecule has 3 rings (SSSR count). The molecule has 1 amide bonds. The number of aryl methyl sites for hydroxylation is 2. The van der Waals surface area contributed by atoms with Crippen LogP contribution in [0.15, 0.2) is 23.0 Å². The maximum atomic E-state index is 12.3. The van der Waals surface area contributed by atoms with E-state index in [9.17, 15) is 9.59 Å². The van der Waals surface area contributed by atoms with Crippen LogP contribution in [0.3, 0.4) is 0 Å². The maximum Gasteiger partial charge on any atom is 0.237 e. The highest BCUT2D eigenvalue weighted by molar-refractivity contribution is 5.83. The SMILES string of the molecule is Cc1cc(C)c2[nH]c(CN[C@H]3CCCNC3=O)cc(=O)c2c1. The summed E-state index contributed by atoms with van der Waals surface area (Å²) < 4.78 is 0. The number of nitrogens with one attached hydrogen (secondary N) is 3. The molecular weight excluding hydrogens is 278 g/mol. The number of pyridine rings is 1. The molecule has 1 atom stereocenters. The van der Waals surface area contributed by atoms with Crippen molar-refractivity contribution in [2.45, 2.75) is 39.3 Å². The molecule has 5 nitrogen and oxygen atoms in total. The molecule has 5 heteroatoms. The number of piperidine rings is 1. The minimum Gasteiger partial charge on any atom is -0.357 e. The van der Waals surface area contributed by atoms with Crippen LogP contribution < -0.4 is 16.1 Å². The molecule has 1 fully saturated rings. The predicted octanol–water partition coefficient (Wildman–Crippen LogP) is 1.51. The summed E-state index contributed by atoms with van der Waals surface area (Å²) in [6, 6.07) is 5.42. The fourth-order valence-corrected chi connectivity index (χ4v) is 3.06. The van der Waals surface area contributed by atoms with E-state index in [4.69, 9.17) is 0 Å². The number of carbonyl (C=O) groups is 1. The van der Waals surface area contributed by atoms with Gasteiger partial charge in [-0.15, -0.1) is 0 Å². The van der Waals surface area contributed by atoms with Crippen molar-refractivity contribution in [3.05, 3.63) is 45.2 Å². The first-order valence-electron chi connectivity index (χ1n) is 7.69. The molecule has 1 saturated heterocycles. The van der Waals surface area contributed by atoms with E-state index in [1.807, 2.05) is 19.9 Å². The molecule has 0 aliphatic carbocycles. The molecule has 0 bridgehead atoms. The first kappa shape index (κ1) is 14.8. The zero-order valence-electron chi connectivity index (χ0n) is 13.0. The fourth-order valence-electron chi connectivity index (χ4n) is 3.06. The number of rotatable bonds is 3. The normalized spacial score (nSPS) is 18.5. The van der Waals surface area contributed by atoms with Gasteiger partial charge in [-0.2, -0.15) is 0 Å². The Morgan fingerprint density at radius 1 is 1.23 bits per heavy atom. The van der Waals surface area contributed by atoms with Gasteiger partial charge in [-0.05, 0) is 43.9 Å². The van der Waals surface area contributed by atoms with Gasteiger partial charge in [0.2, 0.25) is 5.91 Å². The average molecular weight is 299 g/mol. The highest BCUT2D eigenvalue weighted by Gasteiger charge is 2.21. The van der Waals surface area contributed by atoms with E-state index in [-0.39, 0.29) is 17.4 Å². The number of aromatic amines is 1. The van der Waals surface area contributed by atoms with Crippen LogP contribution in [0.5, 0.6) is 0 Å². The number of fused-ring (bicyclic) bond motifs is 1. The molecule has 3 N–H and O–H groups in total. The summed E-state index contributed by atoms with van der Waals surface area (Å²) >= 11 is 0. The summed E-state index contributed by atoms with van der Waals surface area (Å²) in [5.41, 5.74) is 3.85. The van der Waals surface area contributed by atoms with Crippen molar-refractivity contribution in [1.82, 2.24) is 15.6 Å². The molecule has 2 aromatic rings. The molecule has 0 unspecified atom stereocenters. The van der Waals surface area contributed by atoms with E-state index in [2.05, 4.69) is 21.7 Å². The number of H-pyrrole nitrogens is 1. The van der Waals surface area contributed by atoms with Crippen LogP contribution in [-0.4, -0.2) is 23.5 Å². The van der Waals surface area contributed by atoms with E-state index in [0.29, 0.717) is 6.54 Å². The van der Waals surface area contributed by atoms with Gasteiger partial charge in [-0.3, -0.25) is 9.59 Å². The highest BCUT2D eigenvalue weighted by Crippen LogP contribution is 2.16. The Balaban J connectivity index is 1.85. The minimum atomic E-state index is -0.174. The van der Waals surface area contributed by atoms with Crippen LogP contribution in [0.4, 0.5) is 0 Å². The van der Waals surface area contributed by atoms with Crippen LogP contribution >= 0.6 is 0 Å². The quantitative estimate of drug-likeness (QED) is 0.804. The summed E-state index contributed by atoms with van der Waals surface area (Å²) in [5.74, 6) is 0.0428. The Hall–Kier alpha value is -2.14. The van der Waals surface area contributed by atoms with Gasteiger partial charge in [-0.25, -0.2) is 0 Å². The molecule has 1 aliphatic heterocycles. The standard InChI is InChI=1S/C17H21N3O2/c1-10-6-11(2)16-13(7-10)15(21)8-12(20-16)9-19-14-4-3-5-18-17(14)22/h6-8,14,19H,3-5,9H2,1-2H3,(H,18,22)(H,20,21)/t14-/m0/s1. The van der Waals surface area contributed by atoms with Gasteiger partial charge in [0.05, 0.1) is 11.6 Å². The molecule has 1 aromatic heterocycles. The van der Waals surface area contributed by atoms with Gasteiger partial charge in [0.15, 0.2) is 5.43 Å². The number of aromatic nitrogens is 1. The number of benzene rings is 1. The molecule has 0 saturated carbocycles. The van der Waals surface area contributed by atoms with Crippen molar-refractivity contribution >= 4 is 16.8 Å². The van der Waals surface area contributed by atoms with Crippen LogP contribution in [0.25, 0.3) is 10.9 Å². The van der Waals surface area contributed by atoms with E-state index in [1.54, 1.807) is 6.07 Å². The van der Waals surface area contributed by atoms with Crippen molar-refractivity contribution in [1.29, 1.82) is 0 Å². The van der Waals surface area contributed by atoms with Gasteiger partial charge in [-0.1, -0.05) is 6.07 Å². The van der Waals surface area contributed by atoms with E-state index >= 15 is 0 Å². The van der Waals surface area contributed by atoms with E-state index in [1.165, 1.54) is 0 Å². The second-order valence-corrected chi connectivity index (χ2v) is 6.03. The summed E-state index contributed by atoms with van der Waals surface area (Å²) in [6.07, 6.45) is 1.82. The zero-order valence-corrected chi connectivity index (χ0v) is 13.0. The molecule has 1 aromatic carbocycles. The van der Waals surface area contributed by atoms with Crippen LogP contribution in [0, 0.1) is 13.8 Å². The number of amides is 1. The highest BCUT2D eigenvalue weighted by atomic mass is 16.2. The lowest BCUT2D eigenvalue weighted by molar-refractivity contribution is -0.124. The van der Waals surface area contributed by atoms with Crippen LogP contribution in [0.1, 0.15) is 29.7 Å². The summed E-state index contributed by atoms with van der Waals surface area (Å²) in [4.78, 5) is 27.4. The van der Waals surface area contributed by atoms with Gasteiger partial charge in [0.1, 0.15) is 0 Å². The first-order valence-corrected chi connectivity index (χ1v) is 7.69. The molecule has 0 spiro atoms. The molecule has 22 heavy (non-hydrogen) atoms. The second-order valence-electron chi connectivity index (χ2n) is 6.03. The Bertz CT molecular complexity index is 779. The molecule has 1 aliphatic rings. The topological polar surface area (TPSA) is 74.0 Å². The molecule has 0 radical (unpaired) electrons. The monoisotopic (exact) mass is 299 g/mol. The third kappa shape index (κ3) is 2.90. The van der Waals surface area contributed by atoms with Crippen molar-refractivity contribution in [2.75, 3.05) is 6.54 Å².